The maximum Gasteiger partial charge on any atom is 0.294 e. The molecule has 20 heavy (non-hydrogen) atoms. The summed E-state index contributed by atoms with van der Waals surface area (Å²) < 4.78 is 5.29. The van der Waals surface area contributed by atoms with E-state index in [2.05, 4.69) is 0 Å². The number of aryl methyl sites for hydroxylation is 1. The van der Waals surface area contributed by atoms with Crippen LogP contribution in [0.1, 0.15) is 39.3 Å². The molecule has 0 bridgehead atoms. The zero-order valence-corrected chi connectivity index (χ0v) is 11.3. The van der Waals surface area contributed by atoms with E-state index in [1.807, 2.05) is 25.1 Å². The van der Waals surface area contributed by atoms with Crippen LogP contribution in [0, 0.1) is 6.92 Å². The molecule has 1 aromatic carbocycles. The molecule has 0 radical (unpaired) electrons. The predicted molar refractivity (Wildman–Crippen MR) is 75.1 cm³/mol. The van der Waals surface area contributed by atoms with Crippen molar-refractivity contribution in [2.24, 2.45) is 0 Å². The number of carbonyl (C=O) groups excluding carboxylic acids is 2. The quantitative estimate of drug-likeness (QED) is 0.798. The number of anilines is 1. The molecule has 0 saturated carbocycles. The second kappa shape index (κ2) is 4.96. The summed E-state index contributed by atoms with van der Waals surface area (Å²) in [4.78, 5) is 26.3. The number of fused-ring (bicyclic) bond motifs is 1. The molecule has 2 aromatic rings. The molecule has 2 heterocycles. The Kier molecular flexibility index (Phi) is 3.14. The molecule has 0 N–H and O–H groups in total. The summed E-state index contributed by atoms with van der Waals surface area (Å²) in [7, 11) is 0. The highest BCUT2D eigenvalue weighted by Crippen LogP contribution is 2.28. The first-order valence-corrected chi connectivity index (χ1v) is 6.66. The Labute approximate surface area is 117 Å². The average molecular weight is 269 g/mol. The van der Waals surface area contributed by atoms with E-state index in [9.17, 15) is 9.59 Å². The molecule has 3 rings (SSSR count). The lowest BCUT2D eigenvalue weighted by molar-refractivity contribution is 0.0955. The molecule has 0 spiro atoms. The fourth-order valence-corrected chi connectivity index (χ4v) is 2.52. The molecular formula is C16H15NO3. The smallest absolute Gasteiger partial charge is 0.294 e. The Morgan fingerprint density at radius 1 is 1.25 bits per heavy atom. The Bertz CT molecular complexity index is 672. The molecular weight excluding hydrogens is 254 g/mol. The van der Waals surface area contributed by atoms with Crippen molar-refractivity contribution in [1.29, 1.82) is 0 Å². The fraction of sp³-hybridized carbons (Fsp3) is 0.250. The number of hydrogen-bond acceptors (Lipinski definition) is 3. The zero-order valence-electron chi connectivity index (χ0n) is 11.3. The van der Waals surface area contributed by atoms with Gasteiger partial charge in [-0.05, 0) is 31.5 Å². The van der Waals surface area contributed by atoms with Crippen LogP contribution in [-0.2, 0) is 0 Å². The molecule has 102 valence electrons. The molecule has 1 aliphatic rings. The molecule has 0 fully saturated rings. The van der Waals surface area contributed by atoms with Crippen LogP contribution < -0.4 is 4.90 Å². The number of hydrogen-bond donors (Lipinski definition) is 0. The van der Waals surface area contributed by atoms with Gasteiger partial charge in [-0.3, -0.25) is 9.59 Å². The van der Waals surface area contributed by atoms with Crippen LogP contribution in [0.25, 0.3) is 0 Å². The van der Waals surface area contributed by atoms with Gasteiger partial charge in [-0.25, -0.2) is 0 Å². The van der Waals surface area contributed by atoms with Crippen molar-refractivity contribution in [3.8, 4) is 0 Å². The normalized spacial score (nSPS) is 14.8. The average Bonchev–Trinajstić information content (AvgIpc) is 2.81. The number of furan rings is 1. The van der Waals surface area contributed by atoms with Crippen LogP contribution in [0.5, 0.6) is 0 Å². The first kappa shape index (κ1) is 12.7. The number of rotatable bonds is 1. The lowest BCUT2D eigenvalue weighted by Gasteiger charge is -2.21. The lowest BCUT2D eigenvalue weighted by Crippen LogP contribution is -2.31. The summed E-state index contributed by atoms with van der Waals surface area (Å²) >= 11 is 0. The van der Waals surface area contributed by atoms with Crippen molar-refractivity contribution >= 4 is 17.4 Å². The Balaban J connectivity index is 2.06. The number of Topliss-reactive ketones (excluding diaryl/α,β-unsaturated/α-hetero) is 1. The number of ketones is 1. The number of benzene rings is 1. The highest BCUT2D eigenvalue weighted by molar-refractivity contribution is 6.11. The third kappa shape index (κ3) is 2.03. The Morgan fingerprint density at radius 2 is 2.05 bits per heavy atom. The van der Waals surface area contributed by atoms with Gasteiger partial charge in [0.05, 0.1) is 12.0 Å². The fourth-order valence-electron chi connectivity index (χ4n) is 2.52. The monoisotopic (exact) mass is 269 g/mol. The SMILES string of the molecule is Cc1ccoc1C(=O)N1CCCC(=O)c2ccccc21. The van der Waals surface area contributed by atoms with Gasteiger partial charge in [0, 0.05) is 24.1 Å². The van der Waals surface area contributed by atoms with E-state index >= 15 is 0 Å². The predicted octanol–water partition coefficient (Wildman–Crippen LogP) is 3.21. The Hall–Kier alpha value is -2.36. The van der Waals surface area contributed by atoms with Gasteiger partial charge in [0.1, 0.15) is 0 Å². The summed E-state index contributed by atoms with van der Waals surface area (Å²) in [6.45, 7) is 2.37. The molecule has 0 aliphatic carbocycles. The summed E-state index contributed by atoms with van der Waals surface area (Å²) in [5, 5.41) is 0. The van der Waals surface area contributed by atoms with Gasteiger partial charge < -0.3 is 9.32 Å². The van der Waals surface area contributed by atoms with E-state index in [1.165, 1.54) is 6.26 Å². The Morgan fingerprint density at radius 3 is 2.80 bits per heavy atom. The first-order valence-electron chi connectivity index (χ1n) is 6.66. The van der Waals surface area contributed by atoms with Crippen molar-refractivity contribution < 1.29 is 14.0 Å². The molecule has 4 heteroatoms. The molecule has 0 unspecified atom stereocenters. The molecule has 1 aromatic heterocycles. The van der Waals surface area contributed by atoms with Gasteiger partial charge >= 0.3 is 0 Å². The molecule has 0 atom stereocenters. The second-order valence-corrected chi connectivity index (χ2v) is 4.93. The van der Waals surface area contributed by atoms with Crippen molar-refractivity contribution in [2.75, 3.05) is 11.4 Å². The first-order chi connectivity index (χ1) is 9.68. The van der Waals surface area contributed by atoms with Crippen molar-refractivity contribution in [2.45, 2.75) is 19.8 Å². The van der Waals surface area contributed by atoms with E-state index in [0.717, 1.165) is 5.56 Å². The zero-order chi connectivity index (χ0) is 14.1. The second-order valence-electron chi connectivity index (χ2n) is 4.93. The standard InChI is InChI=1S/C16H15NO3/c1-11-8-10-20-15(11)16(19)17-9-4-7-14(18)12-5-2-3-6-13(12)17/h2-3,5-6,8,10H,4,7,9H2,1H3. The lowest BCUT2D eigenvalue weighted by atomic mass is 10.1. The van der Waals surface area contributed by atoms with E-state index < -0.39 is 0 Å². The van der Waals surface area contributed by atoms with E-state index in [0.29, 0.717) is 36.4 Å². The molecule has 1 amide bonds. The van der Waals surface area contributed by atoms with Gasteiger partial charge in [0.2, 0.25) is 0 Å². The summed E-state index contributed by atoms with van der Waals surface area (Å²) in [5.74, 6) is 0.246. The topological polar surface area (TPSA) is 50.5 Å². The van der Waals surface area contributed by atoms with E-state index in [4.69, 9.17) is 4.42 Å². The van der Waals surface area contributed by atoms with E-state index in [1.54, 1.807) is 17.0 Å². The van der Waals surface area contributed by atoms with E-state index in [-0.39, 0.29) is 11.7 Å². The highest BCUT2D eigenvalue weighted by Gasteiger charge is 2.27. The number of carbonyl (C=O) groups is 2. The van der Waals surface area contributed by atoms with Gasteiger partial charge in [-0.1, -0.05) is 12.1 Å². The van der Waals surface area contributed by atoms with Crippen molar-refractivity contribution in [3.05, 3.63) is 53.5 Å². The highest BCUT2D eigenvalue weighted by atomic mass is 16.3. The van der Waals surface area contributed by atoms with Crippen LogP contribution in [-0.4, -0.2) is 18.2 Å². The minimum atomic E-state index is -0.186. The summed E-state index contributed by atoms with van der Waals surface area (Å²) in [6.07, 6.45) is 2.65. The largest absolute Gasteiger partial charge is 0.459 e. The number of amides is 1. The van der Waals surface area contributed by atoms with Gasteiger partial charge in [-0.2, -0.15) is 0 Å². The van der Waals surface area contributed by atoms with Crippen LogP contribution in [0.15, 0.2) is 41.0 Å². The van der Waals surface area contributed by atoms with Gasteiger partial charge in [0.15, 0.2) is 11.5 Å². The van der Waals surface area contributed by atoms with Crippen molar-refractivity contribution in [3.63, 3.8) is 0 Å². The minimum Gasteiger partial charge on any atom is -0.459 e. The van der Waals surface area contributed by atoms with Crippen LogP contribution >= 0.6 is 0 Å². The summed E-state index contributed by atoms with van der Waals surface area (Å²) in [6, 6.07) is 9.02. The van der Waals surface area contributed by atoms with Crippen LogP contribution in [0.2, 0.25) is 0 Å². The number of para-hydroxylation sites is 1. The molecule has 1 aliphatic heterocycles. The minimum absolute atomic E-state index is 0.0899. The third-order valence-electron chi connectivity index (χ3n) is 3.58. The summed E-state index contributed by atoms with van der Waals surface area (Å²) in [5.41, 5.74) is 2.10. The van der Waals surface area contributed by atoms with Gasteiger partial charge in [-0.15, -0.1) is 0 Å². The third-order valence-corrected chi connectivity index (χ3v) is 3.58. The van der Waals surface area contributed by atoms with Crippen LogP contribution in [0.4, 0.5) is 5.69 Å². The molecule has 4 nitrogen and oxygen atoms in total. The van der Waals surface area contributed by atoms with Crippen molar-refractivity contribution in [1.82, 2.24) is 0 Å². The maximum absolute atomic E-state index is 12.6. The van der Waals surface area contributed by atoms with Crippen LogP contribution in [0.3, 0.4) is 0 Å². The van der Waals surface area contributed by atoms with Gasteiger partial charge in [0.25, 0.3) is 5.91 Å². The number of nitrogens with zero attached hydrogens (tertiary/aromatic N) is 1. The molecule has 0 saturated heterocycles. The maximum atomic E-state index is 12.6.